The van der Waals surface area contributed by atoms with Gasteiger partial charge in [-0.25, -0.2) is 17.5 Å². The largest absolute Gasteiger partial charge is 0.240 e. The average Bonchev–Trinajstić information content (AvgIpc) is 2.24. The molecule has 0 amide bonds. The summed E-state index contributed by atoms with van der Waals surface area (Å²) in [5.74, 6) is 0.0701. The summed E-state index contributed by atoms with van der Waals surface area (Å²) >= 11 is 5.49. The Balaban J connectivity index is 2.76. The number of alkyl halides is 1. The van der Waals surface area contributed by atoms with Gasteiger partial charge in [0.05, 0.1) is 4.90 Å². The van der Waals surface area contributed by atoms with Gasteiger partial charge in [-0.05, 0) is 43.5 Å². The minimum absolute atomic E-state index is 0.116. The van der Waals surface area contributed by atoms with Crippen LogP contribution in [0.4, 0.5) is 4.39 Å². The number of aryl methyl sites for hydroxylation is 1. The van der Waals surface area contributed by atoms with Crippen LogP contribution < -0.4 is 4.72 Å². The highest BCUT2D eigenvalue weighted by molar-refractivity contribution is 7.89. The zero-order valence-corrected chi connectivity index (χ0v) is 11.1. The van der Waals surface area contributed by atoms with Crippen LogP contribution in [0.3, 0.4) is 0 Å². The Morgan fingerprint density at radius 3 is 2.65 bits per heavy atom. The molecule has 1 aromatic rings. The molecule has 6 heteroatoms. The van der Waals surface area contributed by atoms with Crippen molar-refractivity contribution in [2.75, 3.05) is 12.4 Å². The second-order valence-corrected chi connectivity index (χ2v) is 5.82. The molecule has 0 aromatic heterocycles. The highest BCUT2D eigenvalue weighted by Gasteiger charge is 2.16. The SMILES string of the molecule is Cc1cc(F)ccc1S(=O)(=O)NCCCCCl. The maximum atomic E-state index is 12.9. The van der Waals surface area contributed by atoms with E-state index in [1.807, 2.05) is 0 Å². The van der Waals surface area contributed by atoms with Crippen LogP contribution in [-0.2, 0) is 10.0 Å². The summed E-state index contributed by atoms with van der Waals surface area (Å²) in [5.41, 5.74) is 0.398. The molecule has 0 aliphatic rings. The molecule has 0 unspecified atom stereocenters. The van der Waals surface area contributed by atoms with Crippen molar-refractivity contribution in [1.82, 2.24) is 4.72 Å². The van der Waals surface area contributed by atoms with Crippen molar-refractivity contribution in [1.29, 1.82) is 0 Å². The van der Waals surface area contributed by atoms with Crippen molar-refractivity contribution >= 4 is 21.6 Å². The lowest BCUT2D eigenvalue weighted by Crippen LogP contribution is -2.25. The molecule has 0 bridgehead atoms. The molecule has 0 saturated carbocycles. The Hall–Kier alpha value is -0.650. The molecule has 0 spiro atoms. The number of benzene rings is 1. The normalized spacial score (nSPS) is 11.7. The first-order chi connectivity index (χ1) is 7.97. The Labute approximate surface area is 106 Å². The number of nitrogens with one attached hydrogen (secondary N) is 1. The van der Waals surface area contributed by atoms with E-state index in [0.29, 0.717) is 24.4 Å². The third-order valence-corrected chi connectivity index (χ3v) is 4.17. The summed E-state index contributed by atoms with van der Waals surface area (Å²) < 4.78 is 39.0. The lowest BCUT2D eigenvalue weighted by atomic mass is 10.2. The van der Waals surface area contributed by atoms with E-state index in [9.17, 15) is 12.8 Å². The molecular weight excluding hydrogens is 265 g/mol. The topological polar surface area (TPSA) is 46.2 Å². The van der Waals surface area contributed by atoms with E-state index in [1.54, 1.807) is 6.92 Å². The second-order valence-electron chi connectivity index (χ2n) is 3.70. The van der Waals surface area contributed by atoms with Gasteiger partial charge >= 0.3 is 0 Å². The fourth-order valence-corrected chi connectivity index (χ4v) is 2.91. The summed E-state index contributed by atoms with van der Waals surface area (Å²) in [5, 5.41) is 0. The molecule has 3 nitrogen and oxygen atoms in total. The first-order valence-electron chi connectivity index (χ1n) is 5.29. The molecule has 96 valence electrons. The summed E-state index contributed by atoms with van der Waals surface area (Å²) in [6, 6.07) is 3.61. The summed E-state index contributed by atoms with van der Waals surface area (Å²) in [4.78, 5) is 0.116. The summed E-state index contributed by atoms with van der Waals surface area (Å²) in [6.45, 7) is 1.91. The molecule has 0 fully saturated rings. The number of rotatable bonds is 6. The van der Waals surface area contributed by atoms with E-state index in [-0.39, 0.29) is 4.90 Å². The molecule has 1 N–H and O–H groups in total. The van der Waals surface area contributed by atoms with Crippen LogP contribution in [0.25, 0.3) is 0 Å². The third-order valence-electron chi connectivity index (χ3n) is 2.28. The standard InChI is InChI=1S/C11H15ClFNO2S/c1-9-8-10(13)4-5-11(9)17(15,16)14-7-3-2-6-12/h4-5,8,14H,2-3,6-7H2,1H3. The summed E-state index contributed by atoms with van der Waals surface area (Å²) in [6.07, 6.45) is 1.44. The monoisotopic (exact) mass is 279 g/mol. The van der Waals surface area contributed by atoms with Crippen molar-refractivity contribution in [3.63, 3.8) is 0 Å². The Bertz CT molecular complexity index is 476. The lowest BCUT2D eigenvalue weighted by Gasteiger charge is -2.08. The predicted molar refractivity (Wildman–Crippen MR) is 66.3 cm³/mol. The predicted octanol–water partition coefficient (Wildman–Crippen LogP) is 2.43. The van der Waals surface area contributed by atoms with Crippen molar-refractivity contribution in [3.05, 3.63) is 29.6 Å². The minimum atomic E-state index is -3.55. The highest BCUT2D eigenvalue weighted by atomic mass is 35.5. The van der Waals surface area contributed by atoms with Crippen LogP contribution >= 0.6 is 11.6 Å². The van der Waals surface area contributed by atoms with Crippen molar-refractivity contribution in [2.24, 2.45) is 0 Å². The molecule has 0 aliphatic carbocycles. The van der Waals surface area contributed by atoms with Gasteiger partial charge in [0, 0.05) is 12.4 Å². The molecule has 1 aromatic carbocycles. The van der Waals surface area contributed by atoms with E-state index in [4.69, 9.17) is 11.6 Å². The average molecular weight is 280 g/mol. The maximum Gasteiger partial charge on any atom is 0.240 e. The molecule has 17 heavy (non-hydrogen) atoms. The van der Waals surface area contributed by atoms with Gasteiger partial charge in [-0.15, -0.1) is 11.6 Å². The first kappa shape index (κ1) is 14.4. The van der Waals surface area contributed by atoms with E-state index in [0.717, 1.165) is 12.5 Å². The minimum Gasteiger partial charge on any atom is -0.211 e. The molecule has 0 atom stereocenters. The number of halogens is 2. The Morgan fingerprint density at radius 1 is 1.35 bits per heavy atom. The molecule has 0 aliphatic heterocycles. The van der Waals surface area contributed by atoms with Crippen LogP contribution in [0.5, 0.6) is 0 Å². The number of sulfonamides is 1. The molecule has 0 saturated heterocycles. The van der Waals surface area contributed by atoms with Crippen molar-refractivity contribution in [3.8, 4) is 0 Å². The van der Waals surface area contributed by atoms with Gasteiger partial charge in [-0.2, -0.15) is 0 Å². The van der Waals surface area contributed by atoms with Crippen LogP contribution in [0.2, 0.25) is 0 Å². The lowest BCUT2D eigenvalue weighted by molar-refractivity contribution is 0.576. The molecule has 1 rings (SSSR count). The second kappa shape index (κ2) is 6.33. The quantitative estimate of drug-likeness (QED) is 0.642. The van der Waals surface area contributed by atoms with Gasteiger partial charge in [0.15, 0.2) is 0 Å². The molecular formula is C11H15ClFNO2S. The smallest absolute Gasteiger partial charge is 0.211 e. The first-order valence-corrected chi connectivity index (χ1v) is 7.31. The fraction of sp³-hybridized carbons (Fsp3) is 0.455. The maximum absolute atomic E-state index is 12.9. The van der Waals surface area contributed by atoms with Crippen LogP contribution in [0.1, 0.15) is 18.4 Å². The molecule has 0 radical (unpaired) electrons. The van der Waals surface area contributed by atoms with E-state index < -0.39 is 15.8 Å². The Morgan fingerprint density at radius 2 is 2.06 bits per heavy atom. The van der Waals surface area contributed by atoms with Gasteiger partial charge in [0.25, 0.3) is 0 Å². The van der Waals surface area contributed by atoms with Gasteiger partial charge < -0.3 is 0 Å². The van der Waals surface area contributed by atoms with Gasteiger partial charge in [-0.1, -0.05) is 0 Å². The third kappa shape index (κ3) is 4.26. The fourth-order valence-electron chi connectivity index (χ4n) is 1.42. The number of hydrogen-bond acceptors (Lipinski definition) is 2. The van der Waals surface area contributed by atoms with Crippen molar-refractivity contribution < 1.29 is 12.8 Å². The van der Waals surface area contributed by atoms with E-state index >= 15 is 0 Å². The highest BCUT2D eigenvalue weighted by Crippen LogP contribution is 2.15. The number of unbranched alkanes of at least 4 members (excludes halogenated alkanes) is 1. The van der Waals surface area contributed by atoms with E-state index in [1.165, 1.54) is 12.1 Å². The van der Waals surface area contributed by atoms with Gasteiger partial charge in [0.1, 0.15) is 5.82 Å². The van der Waals surface area contributed by atoms with Crippen molar-refractivity contribution in [2.45, 2.75) is 24.7 Å². The zero-order chi connectivity index (χ0) is 12.9. The van der Waals surface area contributed by atoms with Gasteiger partial charge in [0.2, 0.25) is 10.0 Å². The van der Waals surface area contributed by atoms with E-state index in [2.05, 4.69) is 4.72 Å². The number of hydrogen-bond donors (Lipinski definition) is 1. The van der Waals surface area contributed by atoms with Crippen LogP contribution in [0, 0.1) is 12.7 Å². The summed E-state index contributed by atoms with van der Waals surface area (Å²) in [7, 11) is -3.55. The van der Waals surface area contributed by atoms with Crippen LogP contribution in [-0.4, -0.2) is 20.8 Å². The molecule has 0 heterocycles. The van der Waals surface area contributed by atoms with Gasteiger partial charge in [-0.3, -0.25) is 0 Å². The van der Waals surface area contributed by atoms with Crippen LogP contribution in [0.15, 0.2) is 23.1 Å². The zero-order valence-electron chi connectivity index (χ0n) is 9.54. The Kier molecular flexibility index (Phi) is 5.36.